The fourth-order valence-electron chi connectivity index (χ4n) is 2.90. The fourth-order valence-corrected chi connectivity index (χ4v) is 2.90. The Bertz CT molecular complexity index is 1190. The molecule has 0 saturated carbocycles. The summed E-state index contributed by atoms with van der Waals surface area (Å²) in [5.41, 5.74) is 2.96. The molecule has 0 saturated heterocycles. The van der Waals surface area contributed by atoms with Crippen molar-refractivity contribution in [1.29, 1.82) is 0 Å². The van der Waals surface area contributed by atoms with E-state index in [9.17, 15) is 19.7 Å². The van der Waals surface area contributed by atoms with Gasteiger partial charge in [0, 0.05) is 11.3 Å². The van der Waals surface area contributed by atoms with Crippen molar-refractivity contribution in [2.24, 2.45) is 5.10 Å². The van der Waals surface area contributed by atoms with E-state index >= 15 is 0 Å². The highest BCUT2D eigenvalue weighted by atomic mass is 16.6. The van der Waals surface area contributed by atoms with Crippen molar-refractivity contribution in [1.82, 2.24) is 5.43 Å². The molecule has 31 heavy (non-hydrogen) atoms. The average Bonchev–Trinajstić information content (AvgIpc) is 2.77. The van der Waals surface area contributed by atoms with Crippen LogP contribution < -0.4 is 15.5 Å². The maximum absolute atomic E-state index is 12.3. The SMILES string of the molecule is COc1ccc(NC(=O)C/C(C)=N/NC(=O)c2ccc3ccccc3c2)c([N+](=O)[O-])c1. The van der Waals surface area contributed by atoms with Gasteiger partial charge in [-0.3, -0.25) is 19.7 Å². The molecule has 0 aromatic heterocycles. The summed E-state index contributed by atoms with van der Waals surface area (Å²) >= 11 is 0. The first-order valence-corrected chi connectivity index (χ1v) is 9.32. The third-order valence-corrected chi connectivity index (χ3v) is 4.45. The predicted molar refractivity (Wildman–Crippen MR) is 117 cm³/mol. The Kier molecular flexibility index (Phi) is 6.56. The molecule has 158 valence electrons. The molecule has 0 heterocycles. The molecule has 0 aliphatic carbocycles. The highest BCUT2D eigenvalue weighted by Crippen LogP contribution is 2.29. The number of nitrogens with one attached hydrogen (secondary N) is 2. The van der Waals surface area contributed by atoms with Gasteiger partial charge in [0.25, 0.3) is 11.6 Å². The first-order chi connectivity index (χ1) is 14.9. The van der Waals surface area contributed by atoms with Crippen molar-refractivity contribution in [3.05, 3.63) is 76.3 Å². The molecular weight excluding hydrogens is 400 g/mol. The summed E-state index contributed by atoms with van der Waals surface area (Å²) < 4.78 is 4.97. The number of ether oxygens (including phenoxy) is 1. The Hall–Kier alpha value is -4.27. The number of benzene rings is 3. The number of hydrogen-bond donors (Lipinski definition) is 2. The van der Waals surface area contributed by atoms with Crippen LogP contribution in [0.5, 0.6) is 5.75 Å². The summed E-state index contributed by atoms with van der Waals surface area (Å²) in [6.45, 7) is 1.57. The fraction of sp³-hybridized carbons (Fsp3) is 0.136. The smallest absolute Gasteiger partial charge is 0.296 e. The molecule has 0 radical (unpaired) electrons. The van der Waals surface area contributed by atoms with Gasteiger partial charge in [-0.1, -0.05) is 30.3 Å². The number of anilines is 1. The summed E-state index contributed by atoms with van der Waals surface area (Å²) in [6.07, 6.45) is -0.152. The number of amides is 2. The summed E-state index contributed by atoms with van der Waals surface area (Å²) in [7, 11) is 1.39. The number of rotatable bonds is 7. The lowest BCUT2D eigenvalue weighted by molar-refractivity contribution is -0.384. The van der Waals surface area contributed by atoms with Gasteiger partial charge in [0.2, 0.25) is 5.91 Å². The molecule has 9 nitrogen and oxygen atoms in total. The van der Waals surface area contributed by atoms with Gasteiger partial charge in [0.05, 0.1) is 24.5 Å². The zero-order valence-corrected chi connectivity index (χ0v) is 16.9. The summed E-state index contributed by atoms with van der Waals surface area (Å²) in [5, 5.41) is 19.6. The van der Waals surface area contributed by atoms with Crippen molar-refractivity contribution < 1.29 is 19.2 Å². The van der Waals surface area contributed by atoms with Crippen molar-refractivity contribution in [2.75, 3.05) is 12.4 Å². The number of fused-ring (bicyclic) bond motifs is 1. The molecule has 0 atom stereocenters. The van der Waals surface area contributed by atoms with Gasteiger partial charge in [-0.2, -0.15) is 5.10 Å². The van der Waals surface area contributed by atoms with Gasteiger partial charge in [-0.25, -0.2) is 5.43 Å². The molecular formula is C22H20N4O5. The van der Waals surface area contributed by atoms with Crippen LogP contribution in [-0.2, 0) is 4.79 Å². The number of carbonyl (C=O) groups is 2. The van der Waals surface area contributed by atoms with Gasteiger partial charge in [0.1, 0.15) is 11.4 Å². The molecule has 3 aromatic rings. The molecule has 0 spiro atoms. The third-order valence-electron chi connectivity index (χ3n) is 4.45. The van der Waals surface area contributed by atoms with Crippen molar-refractivity contribution in [3.63, 3.8) is 0 Å². The van der Waals surface area contributed by atoms with Crippen molar-refractivity contribution in [2.45, 2.75) is 13.3 Å². The lowest BCUT2D eigenvalue weighted by atomic mass is 10.1. The Morgan fingerprint density at radius 3 is 2.52 bits per heavy atom. The Balaban J connectivity index is 1.62. The van der Waals surface area contributed by atoms with Gasteiger partial charge < -0.3 is 10.1 Å². The third kappa shape index (κ3) is 5.41. The van der Waals surface area contributed by atoms with E-state index in [1.807, 2.05) is 30.3 Å². The van der Waals surface area contributed by atoms with E-state index in [2.05, 4.69) is 15.8 Å². The summed E-state index contributed by atoms with van der Waals surface area (Å²) in [4.78, 5) is 35.2. The molecule has 0 unspecified atom stereocenters. The van der Waals surface area contributed by atoms with Crippen LogP contribution in [0, 0.1) is 10.1 Å². The zero-order chi connectivity index (χ0) is 22.4. The maximum atomic E-state index is 12.3. The quantitative estimate of drug-likeness (QED) is 0.341. The number of methoxy groups -OCH3 is 1. The highest BCUT2D eigenvalue weighted by molar-refractivity contribution is 6.07. The maximum Gasteiger partial charge on any atom is 0.296 e. The van der Waals surface area contributed by atoms with Gasteiger partial charge in [0.15, 0.2) is 0 Å². The van der Waals surface area contributed by atoms with Crippen LogP contribution in [0.25, 0.3) is 10.8 Å². The predicted octanol–water partition coefficient (Wildman–Crippen LogP) is 3.89. The average molecular weight is 420 g/mol. The van der Waals surface area contributed by atoms with Crippen molar-refractivity contribution >= 4 is 39.7 Å². The number of nitro benzene ring substituents is 1. The van der Waals surface area contributed by atoms with Crippen LogP contribution >= 0.6 is 0 Å². The van der Waals surface area contributed by atoms with E-state index in [0.717, 1.165) is 10.8 Å². The second-order valence-corrected chi connectivity index (χ2v) is 6.72. The van der Waals surface area contributed by atoms with E-state index in [1.54, 1.807) is 19.1 Å². The first kappa shape index (κ1) is 21.4. The molecule has 3 aromatic carbocycles. The van der Waals surface area contributed by atoms with Gasteiger partial charge >= 0.3 is 0 Å². The molecule has 0 bridgehead atoms. The van der Waals surface area contributed by atoms with E-state index in [1.165, 1.54) is 25.3 Å². The van der Waals surface area contributed by atoms with Crippen LogP contribution in [0.3, 0.4) is 0 Å². The van der Waals surface area contributed by atoms with Crippen LogP contribution in [0.4, 0.5) is 11.4 Å². The minimum absolute atomic E-state index is 0.0452. The van der Waals surface area contributed by atoms with E-state index in [-0.39, 0.29) is 17.8 Å². The normalized spacial score (nSPS) is 11.1. The molecule has 0 aliphatic heterocycles. The number of nitrogens with zero attached hydrogens (tertiary/aromatic N) is 2. The summed E-state index contributed by atoms with van der Waals surface area (Å²) in [6, 6.07) is 17.1. The lowest BCUT2D eigenvalue weighted by Gasteiger charge is -2.08. The molecule has 9 heteroatoms. The van der Waals surface area contributed by atoms with Crippen LogP contribution in [0.15, 0.2) is 65.8 Å². The lowest BCUT2D eigenvalue weighted by Crippen LogP contribution is -2.21. The number of hydrazone groups is 1. The summed E-state index contributed by atoms with van der Waals surface area (Å²) in [5.74, 6) is -0.607. The number of hydrogen-bond acceptors (Lipinski definition) is 6. The monoisotopic (exact) mass is 420 g/mol. The van der Waals surface area contributed by atoms with Gasteiger partial charge in [-0.05, 0) is 42.0 Å². The Labute approximate surface area is 177 Å². The highest BCUT2D eigenvalue weighted by Gasteiger charge is 2.17. The largest absolute Gasteiger partial charge is 0.496 e. The topological polar surface area (TPSA) is 123 Å². The Morgan fingerprint density at radius 1 is 1.06 bits per heavy atom. The molecule has 2 amide bonds. The van der Waals surface area contributed by atoms with E-state index in [0.29, 0.717) is 17.0 Å². The molecule has 2 N–H and O–H groups in total. The van der Waals surface area contributed by atoms with Crippen LogP contribution in [0.1, 0.15) is 23.7 Å². The first-order valence-electron chi connectivity index (χ1n) is 9.32. The molecule has 0 fully saturated rings. The minimum Gasteiger partial charge on any atom is -0.496 e. The van der Waals surface area contributed by atoms with Crippen LogP contribution in [-0.4, -0.2) is 29.6 Å². The standard InChI is InChI=1S/C22H20N4O5/c1-14(11-21(27)23-19-10-9-18(31-2)13-20(19)26(29)30)24-25-22(28)17-8-7-15-5-3-4-6-16(15)12-17/h3-10,12-13H,11H2,1-2H3,(H,23,27)(H,25,28)/b24-14+. The van der Waals surface area contributed by atoms with Gasteiger partial charge in [-0.15, -0.1) is 0 Å². The Morgan fingerprint density at radius 2 is 1.81 bits per heavy atom. The van der Waals surface area contributed by atoms with Crippen molar-refractivity contribution in [3.8, 4) is 5.75 Å². The molecule has 3 rings (SSSR count). The zero-order valence-electron chi connectivity index (χ0n) is 16.9. The second kappa shape index (κ2) is 9.49. The van der Waals surface area contributed by atoms with E-state index < -0.39 is 16.7 Å². The molecule has 0 aliphatic rings. The number of nitro groups is 1. The van der Waals surface area contributed by atoms with Crippen LogP contribution in [0.2, 0.25) is 0 Å². The minimum atomic E-state index is -0.608. The number of carbonyl (C=O) groups excluding carboxylic acids is 2. The second-order valence-electron chi connectivity index (χ2n) is 6.72. The van der Waals surface area contributed by atoms with E-state index in [4.69, 9.17) is 4.74 Å².